The fourth-order valence-electron chi connectivity index (χ4n) is 2.99. The second-order valence-corrected chi connectivity index (χ2v) is 7.22. The highest BCUT2D eigenvalue weighted by Crippen LogP contribution is 2.31. The van der Waals surface area contributed by atoms with Crippen LogP contribution in [0.15, 0.2) is 78.9 Å². The number of anilines is 1. The third-order valence-corrected chi connectivity index (χ3v) is 4.64. The number of esters is 1. The molecule has 0 aliphatic heterocycles. The van der Waals surface area contributed by atoms with E-state index in [1.807, 2.05) is 0 Å². The van der Waals surface area contributed by atoms with E-state index in [0.29, 0.717) is 16.8 Å². The first kappa shape index (κ1) is 24.5. The van der Waals surface area contributed by atoms with Crippen LogP contribution in [0.25, 0.3) is 0 Å². The van der Waals surface area contributed by atoms with Crippen LogP contribution in [0.2, 0.25) is 0 Å². The predicted octanol–water partition coefficient (Wildman–Crippen LogP) is 5.21. The fraction of sp³-hybridized carbons (Fsp3) is 0.160. The van der Waals surface area contributed by atoms with Gasteiger partial charge < -0.3 is 14.8 Å². The van der Waals surface area contributed by atoms with Crippen LogP contribution >= 0.6 is 0 Å². The Hall–Kier alpha value is -4.14. The van der Waals surface area contributed by atoms with Gasteiger partial charge in [0.25, 0.3) is 5.91 Å². The summed E-state index contributed by atoms with van der Waals surface area (Å²) in [6.07, 6.45) is -5.92. The van der Waals surface area contributed by atoms with E-state index in [-0.39, 0.29) is 11.5 Å². The Morgan fingerprint density at radius 1 is 0.912 bits per heavy atom. The Morgan fingerprint density at radius 2 is 1.62 bits per heavy atom. The molecule has 0 aliphatic rings. The summed E-state index contributed by atoms with van der Waals surface area (Å²) < 4.78 is 49.0. The van der Waals surface area contributed by atoms with Gasteiger partial charge in [-0.15, -0.1) is 0 Å². The van der Waals surface area contributed by atoms with E-state index in [1.54, 1.807) is 48.5 Å². The van der Waals surface area contributed by atoms with Gasteiger partial charge in [-0.25, -0.2) is 4.79 Å². The van der Waals surface area contributed by atoms with Crippen LogP contribution in [0.4, 0.5) is 18.9 Å². The zero-order chi connectivity index (χ0) is 24.7. The number of ketones is 1. The summed E-state index contributed by atoms with van der Waals surface area (Å²) in [5.41, 5.74) is 0.165. The molecule has 0 heterocycles. The minimum atomic E-state index is -4.56. The summed E-state index contributed by atoms with van der Waals surface area (Å²) in [5, 5.41) is 2.60. The van der Waals surface area contributed by atoms with Crippen molar-refractivity contribution in [3.8, 4) is 5.75 Å². The number of rotatable bonds is 8. The van der Waals surface area contributed by atoms with Gasteiger partial charge in [0.15, 0.2) is 12.4 Å². The van der Waals surface area contributed by atoms with Crippen LogP contribution in [0.1, 0.15) is 34.5 Å². The topological polar surface area (TPSA) is 81.7 Å². The number of benzene rings is 3. The average Bonchev–Trinajstić information content (AvgIpc) is 2.81. The maximum atomic E-state index is 12.9. The first-order chi connectivity index (χ1) is 16.1. The van der Waals surface area contributed by atoms with Crippen molar-refractivity contribution in [1.82, 2.24) is 0 Å². The standard InChI is InChI=1S/C25H20F3NO5/c1-16(30)18-9-5-11-20(13-18)29-24(32)23(17-7-3-2-4-8-17)34-22(31)15-33-21-12-6-10-19(14-21)25(26,27)28/h2-14,23H,15H2,1H3,(H,29,32). The minimum absolute atomic E-state index is 0.173. The molecule has 1 atom stereocenters. The van der Waals surface area contributed by atoms with Gasteiger partial charge in [-0.2, -0.15) is 13.2 Å². The van der Waals surface area contributed by atoms with Crippen molar-refractivity contribution >= 4 is 23.3 Å². The molecule has 0 saturated heterocycles. The number of Topliss-reactive ketones (excluding diaryl/α,β-unsaturated/α-hetero) is 1. The van der Waals surface area contributed by atoms with Crippen molar-refractivity contribution in [3.05, 3.63) is 95.6 Å². The highest BCUT2D eigenvalue weighted by Gasteiger charge is 2.31. The van der Waals surface area contributed by atoms with Crippen LogP contribution in [-0.2, 0) is 20.5 Å². The quantitative estimate of drug-likeness (QED) is 0.360. The van der Waals surface area contributed by atoms with Crippen LogP contribution in [0.5, 0.6) is 5.75 Å². The molecule has 34 heavy (non-hydrogen) atoms. The van der Waals surface area contributed by atoms with E-state index in [0.717, 1.165) is 18.2 Å². The molecule has 1 amide bonds. The molecule has 6 nitrogen and oxygen atoms in total. The second-order valence-electron chi connectivity index (χ2n) is 7.22. The lowest BCUT2D eigenvalue weighted by molar-refractivity contribution is -0.156. The first-order valence-corrected chi connectivity index (χ1v) is 10.1. The van der Waals surface area contributed by atoms with Crippen molar-refractivity contribution < 1.29 is 37.0 Å². The first-order valence-electron chi connectivity index (χ1n) is 10.1. The van der Waals surface area contributed by atoms with Gasteiger partial charge in [-0.05, 0) is 37.3 Å². The number of carbonyl (C=O) groups is 3. The van der Waals surface area contributed by atoms with Gasteiger partial charge in [0, 0.05) is 16.8 Å². The van der Waals surface area contributed by atoms with E-state index in [4.69, 9.17) is 9.47 Å². The number of hydrogen-bond donors (Lipinski definition) is 1. The molecule has 0 fully saturated rings. The molecule has 3 aromatic carbocycles. The summed E-state index contributed by atoms with van der Waals surface area (Å²) in [6, 6.07) is 18.5. The van der Waals surface area contributed by atoms with Crippen molar-refractivity contribution in [3.63, 3.8) is 0 Å². The molecule has 176 valence electrons. The number of hydrogen-bond acceptors (Lipinski definition) is 5. The maximum absolute atomic E-state index is 12.9. The average molecular weight is 471 g/mol. The summed E-state index contributed by atoms with van der Waals surface area (Å²) in [7, 11) is 0. The Morgan fingerprint density at radius 3 is 2.29 bits per heavy atom. The fourth-order valence-corrected chi connectivity index (χ4v) is 2.99. The molecule has 0 aromatic heterocycles. The smallest absolute Gasteiger partial charge is 0.416 e. The molecule has 0 aliphatic carbocycles. The highest BCUT2D eigenvalue weighted by molar-refractivity contribution is 5.99. The third-order valence-electron chi connectivity index (χ3n) is 4.64. The largest absolute Gasteiger partial charge is 0.482 e. The van der Waals surface area contributed by atoms with E-state index < -0.39 is 36.3 Å². The van der Waals surface area contributed by atoms with Crippen LogP contribution in [0.3, 0.4) is 0 Å². The molecular formula is C25H20F3NO5. The molecular weight excluding hydrogens is 451 g/mol. The Kier molecular flexibility index (Phi) is 7.68. The molecule has 0 saturated carbocycles. The lowest BCUT2D eigenvalue weighted by Gasteiger charge is -2.18. The van der Waals surface area contributed by atoms with Gasteiger partial charge in [0.2, 0.25) is 6.10 Å². The normalized spacial score (nSPS) is 11.9. The molecule has 0 bridgehead atoms. The molecule has 1 N–H and O–H groups in total. The lowest BCUT2D eigenvalue weighted by Crippen LogP contribution is -2.28. The number of nitrogens with one attached hydrogen (secondary N) is 1. The monoisotopic (exact) mass is 471 g/mol. The number of amides is 1. The lowest BCUT2D eigenvalue weighted by atomic mass is 10.1. The zero-order valence-corrected chi connectivity index (χ0v) is 18.0. The number of ether oxygens (including phenoxy) is 2. The van der Waals surface area contributed by atoms with Gasteiger partial charge >= 0.3 is 12.1 Å². The number of alkyl halides is 3. The van der Waals surface area contributed by atoms with E-state index >= 15 is 0 Å². The van der Waals surface area contributed by atoms with Crippen molar-refractivity contribution in [2.45, 2.75) is 19.2 Å². The molecule has 3 rings (SSSR count). The third kappa shape index (κ3) is 6.68. The Balaban J connectivity index is 1.71. The Bertz CT molecular complexity index is 1180. The van der Waals surface area contributed by atoms with Crippen molar-refractivity contribution in [1.29, 1.82) is 0 Å². The molecule has 3 aromatic rings. The summed E-state index contributed by atoms with van der Waals surface area (Å²) >= 11 is 0. The number of carbonyl (C=O) groups excluding carboxylic acids is 3. The van der Waals surface area contributed by atoms with Crippen LogP contribution in [0, 0.1) is 0 Å². The van der Waals surface area contributed by atoms with Crippen molar-refractivity contribution in [2.75, 3.05) is 11.9 Å². The van der Waals surface area contributed by atoms with Gasteiger partial charge in [-0.3, -0.25) is 9.59 Å². The molecule has 0 spiro atoms. The highest BCUT2D eigenvalue weighted by atomic mass is 19.4. The summed E-state index contributed by atoms with van der Waals surface area (Å²) in [4.78, 5) is 36.9. The van der Waals surface area contributed by atoms with Crippen LogP contribution in [-0.4, -0.2) is 24.3 Å². The van der Waals surface area contributed by atoms with E-state index in [1.165, 1.54) is 19.1 Å². The van der Waals surface area contributed by atoms with Gasteiger partial charge in [-0.1, -0.05) is 48.5 Å². The van der Waals surface area contributed by atoms with E-state index in [2.05, 4.69) is 5.32 Å². The second kappa shape index (κ2) is 10.7. The van der Waals surface area contributed by atoms with Crippen molar-refractivity contribution in [2.24, 2.45) is 0 Å². The van der Waals surface area contributed by atoms with E-state index in [9.17, 15) is 27.6 Å². The SMILES string of the molecule is CC(=O)c1cccc(NC(=O)C(OC(=O)COc2cccc(C(F)(F)F)c2)c2ccccc2)c1. The Labute approximate surface area is 193 Å². The minimum Gasteiger partial charge on any atom is -0.482 e. The molecule has 1 unspecified atom stereocenters. The van der Waals surface area contributed by atoms with Gasteiger partial charge in [0.1, 0.15) is 5.75 Å². The zero-order valence-electron chi connectivity index (χ0n) is 18.0. The molecule has 0 radical (unpaired) electrons. The summed E-state index contributed by atoms with van der Waals surface area (Å²) in [5.74, 6) is -2.00. The van der Waals surface area contributed by atoms with Gasteiger partial charge in [0.05, 0.1) is 5.56 Å². The van der Waals surface area contributed by atoms with Crippen LogP contribution < -0.4 is 10.1 Å². The molecule has 9 heteroatoms. The predicted molar refractivity (Wildman–Crippen MR) is 117 cm³/mol. The number of halogens is 3. The summed E-state index contributed by atoms with van der Waals surface area (Å²) in [6.45, 7) is 0.678. The maximum Gasteiger partial charge on any atom is 0.416 e.